The van der Waals surface area contributed by atoms with Crippen molar-refractivity contribution >= 4 is 23.7 Å². The number of carbonyl (C=O) groups is 2. The van der Waals surface area contributed by atoms with E-state index in [-0.39, 0.29) is 12.6 Å². The molecule has 1 N–H and O–H groups in total. The lowest BCUT2D eigenvalue weighted by molar-refractivity contribution is -0.142. The number of aryl methyl sites for hydroxylation is 2. The van der Waals surface area contributed by atoms with Crippen molar-refractivity contribution < 1.29 is 19.4 Å². The summed E-state index contributed by atoms with van der Waals surface area (Å²) >= 11 is 1.14. The molecule has 5 heteroatoms. The van der Waals surface area contributed by atoms with Gasteiger partial charge in [0.05, 0.1) is 6.61 Å². The molecule has 0 fully saturated rings. The molecular weight excluding hydrogens is 288 g/mol. The van der Waals surface area contributed by atoms with Gasteiger partial charge in [-0.05, 0) is 43.9 Å². The molecule has 0 saturated carbocycles. The highest BCUT2D eigenvalue weighted by Gasteiger charge is 2.29. The van der Waals surface area contributed by atoms with Gasteiger partial charge in [0, 0.05) is 0 Å². The molecule has 1 aromatic rings. The second kappa shape index (κ2) is 8.08. The number of ether oxygens (including phenoxy) is 1. The summed E-state index contributed by atoms with van der Waals surface area (Å²) in [7, 11) is 0. The first kappa shape index (κ1) is 17.6. The molecule has 1 aromatic carbocycles. The smallest absolute Gasteiger partial charge is 0.323 e. The molecular formula is C16H22O4S. The van der Waals surface area contributed by atoms with Gasteiger partial charge >= 0.3 is 11.9 Å². The molecule has 0 saturated heterocycles. The zero-order valence-corrected chi connectivity index (χ0v) is 13.7. The van der Waals surface area contributed by atoms with Crippen LogP contribution in [0.1, 0.15) is 42.2 Å². The van der Waals surface area contributed by atoms with Gasteiger partial charge in [-0.1, -0.05) is 25.1 Å². The fourth-order valence-electron chi connectivity index (χ4n) is 1.91. The van der Waals surface area contributed by atoms with E-state index in [0.29, 0.717) is 6.42 Å². The second-order valence-corrected chi connectivity index (χ2v) is 6.16. The minimum atomic E-state index is -0.902. The van der Waals surface area contributed by atoms with Crippen molar-refractivity contribution in [1.82, 2.24) is 0 Å². The van der Waals surface area contributed by atoms with Crippen molar-refractivity contribution in [2.75, 3.05) is 6.61 Å². The van der Waals surface area contributed by atoms with Crippen molar-refractivity contribution in [3.05, 3.63) is 34.9 Å². The third kappa shape index (κ3) is 4.77. The van der Waals surface area contributed by atoms with Crippen LogP contribution in [0.3, 0.4) is 0 Å². The highest BCUT2D eigenvalue weighted by atomic mass is 32.2. The molecule has 0 radical (unpaired) electrons. The summed E-state index contributed by atoms with van der Waals surface area (Å²) < 4.78 is 5.10. The SMILES string of the molecule is CCOC(=O)C(SC(CC)C(=O)O)c1ccc(C)c(C)c1. The maximum atomic E-state index is 12.2. The van der Waals surface area contributed by atoms with E-state index in [1.165, 1.54) is 0 Å². The Hall–Kier alpha value is -1.49. The number of hydrogen-bond donors (Lipinski definition) is 1. The lowest BCUT2D eigenvalue weighted by Gasteiger charge is -2.20. The standard InChI is InChI=1S/C16H22O4S/c1-5-13(15(17)18)21-14(16(19)20-6-2)12-8-7-10(3)11(4)9-12/h7-9,13-14H,5-6H2,1-4H3,(H,17,18). The van der Waals surface area contributed by atoms with Gasteiger partial charge in [0.2, 0.25) is 0 Å². The fourth-order valence-corrected chi connectivity index (χ4v) is 3.03. The highest BCUT2D eigenvalue weighted by molar-refractivity contribution is 8.01. The Balaban J connectivity index is 3.09. The Bertz CT molecular complexity index is 513. The van der Waals surface area contributed by atoms with Crippen molar-refractivity contribution in [3.63, 3.8) is 0 Å². The maximum Gasteiger partial charge on any atom is 0.323 e. The van der Waals surface area contributed by atoms with Crippen molar-refractivity contribution in [3.8, 4) is 0 Å². The van der Waals surface area contributed by atoms with Gasteiger partial charge in [-0.25, -0.2) is 0 Å². The molecule has 4 nitrogen and oxygen atoms in total. The summed E-state index contributed by atoms with van der Waals surface area (Å²) in [5.74, 6) is -1.29. The van der Waals surface area contributed by atoms with Gasteiger partial charge in [-0.15, -0.1) is 11.8 Å². The number of hydrogen-bond acceptors (Lipinski definition) is 4. The van der Waals surface area contributed by atoms with Crippen molar-refractivity contribution in [1.29, 1.82) is 0 Å². The average molecular weight is 310 g/mol. The molecule has 0 amide bonds. The van der Waals surface area contributed by atoms with Gasteiger partial charge in [0.15, 0.2) is 0 Å². The first-order chi connectivity index (χ1) is 9.90. The predicted molar refractivity (Wildman–Crippen MR) is 84.6 cm³/mol. The average Bonchev–Trinajstić information content (AvgIpc) is 2.43. The summed E-state index contributed by atoms with van der Waals surface area (Å²) in [5.41, 5.74) is 3.00. The van der Waals surface area contributed by atoms with E-state index in [1.807, 2.05) is 32.0 Å². The molecule has 0 spiro atoms. The molecule has 0 aliphatic heterocycles. The largest absolute Gasteiger partial charge is 0.480 e. The second-order valence-electron chi connectivity index (χ2n) is 4.85. The number of benzene rings is 1. The molecule has 116 valence electrons. The number of aliphatic carboxylic acids is 1. The lowest BCUT2D eigenvalue weighted by atomic mass is 10.0. The zero-order chi connectivity index (χ0) is 16.0. The van der Waals surface area contributed by atoms with Crippen LogP contribution in [-0.4, -0.2) is 28.9 Å². The summed E-state index contributed by atoms with van der Waals surface area (Å²) in [5, 5.41) is 7.98. The molecule has 0 heterocycles. The van der Waals surface area contributed by atoms with Crippen LogP contribution in [0, 0.1) is 13.8 Å². The maximum absolute atomic E-state index is 12.2. The van der Waals surface area contributed by atoms with Crippen LogP contribution in [0.15, 0.2) is 18.2 Å². The monoisotopic (exact) mass is 310 g/mol. The van der Waals surface area contributed by atoms with E-state index >= 15 is 0 Å². The Morgan fingerprint density at radius 2 is 1.90 bits per heavy atom. The Kier molecular flexibility index (Phi) is 6.75. The van der Waals surface area contributed by atoms with Gasteiger partial charge < -0.3 is 9.84 Å². The quantitative estimate of drug-likeness (QED) is 0.781. The number of carboxylic acids is 1. The van der Waals surface area contributed by atoms with Crippen LogP contribution in [-0.2, 0) is 14.3 Å². The van der Waals surface area contributed by atoms with Gasteiger partial charge in [-0.2, -0.15) is 0 Å². The van der Waals surface area contributed by atoms with E-state index in [2.05, 4.69) is 0 Å². The third-order valence-electron chi connectivity index (χ3n) is 3.28. The topological polar surface area (TPSA) is 63.6 Å². The van der Waals surface area contributed by atoms with E-state index in [4.69, 9.17) is 4.74 Å². The summed E-state index contributed by atoms with van der Waals surface area (Å²) in [6.07, 6.45) is 0.459. The fraction of sp³-hybridized carbons (Fsp3) is 0.500. The van der Waals surface area contributed by atoms with Crippen LogP contribution in [0.25, 0.3) is 0 Å². The number of carbonyl (C=O) groups excluding carboxylic acids is 1. The van der Waals surface area contributed by atoms with Crippen LogP contribution in [0.4, 0.5) is 0 Å². The third-order valence-corrected chi connectivity index (χ3v) is 4.88. The van der Waals surface area contributed by atoms with Crippen LogP contribution in [0.2, 0.25) is 0 Å². The summed E-state index contributed by atoms with van der Waals surface area (Å²) in [6, 6.07) is 5.74. The lowest BCUT2D eigenvalue weighted by Crippen LogP contribution is -2.21. The molecule has 1 rings (SSSR count). The summed E-state index contributed by atoms with van der Waals surface area (Å²) in [6.45, 7) is 7.80. The molecule has 0 aliphatic carbocycles. The molecule has 0 bridgehead atoms. The van der Waals surface area contributed by atoms with Crippen LogP contribution >= 0.6 is 11.8 Å². The van der Waals surface area contributed by atoms with E-state index in [0.717, 1.165) is 28.5 Å². The van der Waals surface area contributed by atoms with Crippen molar-refractivity contribution in [2.24, 2.45) is 0 Å². The minimum Gasteiger partial charge on any atom is -0.480 e. The Morgan fingerprint density at radius 1 is 1.24 bits per heavy atom. The molecule has 0 aliphatic rings. The first-order valence-corrected chi connectivity index (χ1v) is 7.97. The number of esters is 1. The van der Waals surface area contributed by atoms with Crippen LogP contribution in [0.5, 0.6) is 0 Å². The number of carboxylic acid groups (broad SMARTS) is 1. The molecule has 0 aromatic heterocycles. The van der Waals surface area contributed by atoms with Gasteiger partial charge in [0.1, 0.15) is 10.5 Å². The number of thioether (sulfide) groups is 1. The zero-order valence-electron chi connectivity index (χ0n) is 12.9. The van der Waals surface area contributed by atoms with Crippen molar-refractivity contribution in [2.45, 2.75) is 44.6 Å². The van der Waals surface area contributed by atoms with E-state index in [9.17, 15) is 14.7 Å². The van der Waals surface area contributed by atoms with Gasteiger partial charge in [-0.3, -0.25) is 9.59 Å². The highest BCUT2D eigenvalue weighted by Crippen LogP contribution is 2.35. The Labute approximate surface area is 129 Å². The Morgan fingerprint density at radius 3 is 2.38 bits per heavy atom. The molecule has 2 atom stereocenters. The molecule has 21 heavy (non-hydrogen) atoms. The minimum absolute atomic E-state index is 0.282. The van der Waals surface area contributed by atoms with Gasteiger partial charge in [0.25, 0.3) is 0 Å². The summed E-state index contributed by atoms with van der Waals surface area (Å²) in [4.78, 5) is 23.4. The van der Waals surface area contributed by atoms with E-state index in [1.54, 1.807) is 13.8 Å². The predicted octanol–water partition coefficient (Wildman–Crippen LogP) is 3.50. The first-order valence-electron chi connectivity index (χ1n) is 7.02. The van der Waals surface area contributed by atoms with Crippen LogP contribution < -0.4 is 0 Å². The van der Waals surface area contributed by atoms with E-state index < -0.39 is 16.5 Å². The normalized spacial score (nSPS) is 13.5. The number of rotatable bonds is 7. The molecule has 2 unspecified atom stereocenters.